The van der Waals surface area contributed by atoms with Crippen molar-refractivity contribution >= 4 is 22.5 Å². The minimum Gasteiger partial charge on any atom is -0.497 e. The van der Waals surface area contributed by atoms with Gasteiger partial charge in [-0.3, -0.25) is 9.20 Å². The lowest BCUT2D eigenvalue weighted by Gasteiger charge is -2.19. The molecule has 0 fully saturated rings. The van der Waals surface area contributed by atoms with Crippen LogP contribution in [0.2, 0.25) is 0 Å². The summed E-state index contributed by atoms with van der Waals surface area (Å²) in [5, 5.41) is 12.8. The molecule has 0 aliphatic rings. The van der Waals surface area contributed by atoms with Crippen LogP contribution in [-0.2, 0) is 11.3 Å². The fraction of sp³-hybridized carbons (Fsp3) is 0.318. The lowest BCUT2D eigenvalue weighted by Crippen LogP contribution is -2.33. The number of aromatic nitrogens is 4. The highest BCUT2D eigenvalue weighted by Crippen LogP contribution is 2.23. The Hall–Kier alpha value is -3.35. The van der Waals surface area contributed by atoms with E-state index in [-0.39, 0.29) is 18.5 Å². The van der Waals surface area contributed by atoms with Gasteiger partial charge in [0.1, 0.15) is 12.3 Å². The van der Waals surface area contributed by atoms with Crippen molar-refractivity contribution in [3.05, 3.63) is 60.7 Å². The minimum absolute atomic E-state index is 0.0587. The normalized spacial score (nSPS) is 12.6. The predicted molar refractivity (Wildman–Crippen MR) is 112 cm³/mol. The molecule has 1 aromatic carbocycles. The van der Waals surface area contributed by atoms with E-state index in [0.29, 0.717) is 5.92 Å². The highest BCUT2D eigenvalue weighted by Gasteiger charge is 2.22. The van der Waals surface area contributed by atoms with E-state index < -0.39 is 0 Å². The first-order valence-corrected chi connectivity index (χ1v) is 9.77. The molecule has 0 spiro atoms. The van der Waals surface area contributed by atoms with Crippen LogP contribution in [0.5, 0.6) is 5.75 Å². The summed E-state index contributed by atoms with van der Waals surface area (Å²) in [7, 11) is 1.65. The van der Waals surface area contributed by atoms with Crippen LogP contribution in [-0.4, -0.2) is 32.2 Å². The number of nitrogens with zero attached hydrogens (tertiary/aromatic N) is 4. The van der Waals surface area contributed by atoms with Crippen molar-refractivity contribution in [2.24, 2.45) is 5.92 Å². The third-order valence-electron chi connectivity index (χ3n) is 4.99. The molecule has 0 aliphatic carbocycles. The molecule has 0 aliphatic heterocycles. The van der Waals surface area contributed by atoms with Crippen molar-refractivity contribution in [1.82, 2.24) is 24.5 Å². The van der Waals surface area contributed by atoms with E-state index in [2.05, 4.69) is 29.4 Å². The van der Waals surface area contributed by atoms with E-state index in [1.54, 1.807) is 7.11 Å². The average molecular weight is 391 g/mol. The summed E-state index contributed by atoms with van der Waals surface area (Å²) in [6.07, 6.45) is 4.63. The van der Waals surface area contributed by atoms with Gasteiger partial charge in [-0.05, 0) is 48.7 Å². The van der Waals surface area contributed by atoms with Gasteiger partial charge in [-0.2, -0.15) is 0 Å². The second-order valence-corrected chi connectivity index (χ2v) is 7.61. The zero-order valence-corrected chi connectivity index (χ0v) is 16.9. The molecule has 29 heavy (non-hydrogen) atoms. The molecule has 4 aromatic rings. The van der Waals surface area contributed by atoms with E-state index in [1.165, 1.54) is 0 Å². The summed E-state index contributed by atoms with van der Waals surface area (Å²) >= 11 is 0. The Morgan fingerprint density at radius 2 is 2.00 bits per heavy atom. The number of ether oxygens (including phenoxy) is 1. The van der Waals surface area contributed by atoms with Crippen LogP contribution in [0.3, 0.4) is 0 Å². The van der Waals surface area contributed by atoms with Gasteiger partial charge < -0.3 is 14.6 Å². The van der Waals surface area contributed by atoms with Gasteiger partial charge in [0.2, 0.25) is 5.91 Å². The first-order chi connectivity index (χ1) is 14.0. The van der Waals surface area contributed by atoms with Crippen LogP contribution in [0, 0.1) is 5.92 Å². The van der Waals surface area contributed by atoms with Crippen molar-refractivity contribution < 1.29 is 9.53 Å². The van der Waals surface area contributed by atoms with Crippen LogP contribution in [0.25, 0.3) is 16.6 Å². The van der Waals surface area contributed by atoms with E-state index in [0.717, 1.165) is 34.5 Å². The summed E-state index contributed by atoms with van der Waals surface area (Å²) in [4.78, 5) is 12.9. The number of methoxy groups -OCH3 is 1. The van der Waals surface area contributed by atoms with Crippen molar-refractivity contribution in [2.75, 3.05) is 7.11 Å². The smallest absolute Gasteiger partial charge is 0.240 e. The average Bonchev–Trinajstić information content (AvgIpc) is 3.31. The van der Waals surface area contributed by atoms with E-state index in [4.69, 9.17) is 4.74 Å². The van der Waals surface area contributed by atoms with E-state index in [1.807, 2.05) is 63.8 Å². The van der Waals surface area contributed by atoms with Gasteiger partial charge in [-0.25, -0.2) is 0 Å². The fourth-order valence-electron chi connectivity index (χ4n) is 3.64. The minimum atomic E-state index is -0.207. The summed E-state index contributed by atoms with van der Waals surface area (Å²) in [5.41, 5.74) is 1.77. The number of amides is 1. The maximum atomic E-state index is 12.9. The van der Waals surface area contributed by atoms with Gasteiger partial charge in [0.05, 0.1) is 13.2 Å². The molecule has 1 amide bonds. The first kappa shape index (κ1) is 19.0. The topological polar surface area (TPSA) is 73.4 Å². The Bertz CT molecular complexity index is 1140. The maximum Gasteiger partial charge on any atom is 0.240 e. The molecular weight excluding hydrogens is 366 g/mol. The van der Waals surface area contributed by atoms with E-state index >= 15 is 0 Å². The molecule has 1 N–H and O–H groups in total. The predicted octanol–water partition coefficient (Wildman–Crippen LogP) is 3.60. The molecule has 1 atom stereocenters. The summed E-state index contributed by atoms with van der Waals surface area (Å²) in [6, 6.07) is 13.4. The second-order valence-electron chi connectivity index (χ2n) is 7.61. The molecule has 7 nitrogen and oxygen atoms in total. The van der Waals surface area contributed by atoms with Crippen LogP contribution in [0.4, 0.5) is 0 Å². The van der Waals surface area contributed by atoms with Crippen molar-refractivity contribution in [2.45, 2.75) is 32.9 Å². The number of fused-ring (bicyclic) bond motifs is 2. The molecule has 0 unspecified atom stereocenters. The van der Waals surface area contributed by atoms with Gasteiger partial charge in [-0.1, -0.05) is 19.9 Å². The lowest BCUT2D eigenvalue weighted by molar-refractivity contribution is -0.122. The largest absolute Gasteiger partial charge is 0.497 e. The molecule has 150 valence electrons. The van der Waals surface area contributed by atoms with Crippen LogP contribution < -0.4 is 10.1 Å². The molecule has 7 heteroatoms. The second kappa shape index (κ2) is 7.95. The molecule has 0 saturated heterocycles. The molecule has 0 bridgehead atoms. The third-order valence-corrected chi connectivity index (χ3v) is 4.99. The molecule has 0 radical (unpaired) electrons. The van der Waals surface area contributed by atoms with Crippen molar-refractivity contribution in [3.63, 3.8) is 0 Å². The number of carbonyl (C=O) groups is 1. The number of benzene rings is 1. The molecule has 0 saturated carbocycles. The number of nitrogens with one attached hydrogen (secondary N) is 1. The Balaban J connectivity index is 1.56. The third kappa shape index (κ3) is 3.94. The zero-order chi connectivity index (χ0) is 20.4. The van der Waals surface area contributed by atoms with Gasteiger partial charge in [0, 0.05) is 23.3 Å². The van der Waals surface area contributed by atoms with Crippen LogP contribution in [0.15, 0.2) is 54.9 Å². The summed E-state index contributed by atoms with van der Waals surface area (Å²) < 4.78 is 9.15. The Morgan fingerprint density at radius 1 is 1.14 bits per heavy atom. The Morgan fingerprint density at radius 3 is 2.79 bits per heavy atom. The maximum absolute atomic E-state index is 12.9. The Kier molecular flexibility index (Phi) is 5.20. The van der Waals surface area contributed by atoms with Gasteiger partial charge in [0.25, 0.3) is 0 Å². The molecular formula is C22H25N5O2. The zero-order valence-electron chi connectivity index (χ0n) is 16.9. The molecule has 4 rings (SSSR count). The van der Waals surface area contributed by atoms with E-state index in [9.17, 15) is 4.79 Å². The van der Waals surface area contributed by atoms with Gasteiger partial charge in [-0.15, -0.1) is 10.2 Å². The number of pyridine rings is 1. The number of rotatable bonds is 7. The van der Waals surface area contributed by atoms with Gasteiger partial charge in [0.15, 0.2) is 11.5 Å². The number of hydrogen-bond donors (Lipinski definition) is 1. The standard InChI is InChI=1S/C22H25N5O2/c1-15(2)12-18(22-25-24-20-6-4-5-10-27(20)22)23-21(28)14-26-11-9-16-13-17(29-3)7-8-19(16)26/h4-11,13,15,18H,12,14H2,1-3H3,(H,23,28)/t18-/m1/s1. The number of carbonyl (C=O) groups excluding carboxylic acids is 1. The highest BCUT2D eigenvalue weighted by atomic mass is 16.5. The fourth-order valence-corrected chi connectivity index (χ4v) is 3.64. The summed E-state index contributed by atoms with van der Waals surface area (Å²) in [6.45, 7) is 4.51. The first-order valence-electron chi connectivity index (χ1n) is 9.77. The summed E-state index contributed by atoms with van der Waals surface area (Å²) in [5.74, 6) is 1.90. The quantitative estimate of drug-likeness (QED) is 0.522. The van der Waals surface area contributed by atoms with Crippen molar-refractivity contribution in [3.8, 4) is 5.75 Å². The monoisotopic (exact) mass is 391 g/mol. The molecule has 3 heterocycles. The Labute approximate surface area is 169 Å². The SMILES string of the molecule is COc1ccc2c(ccn2CC(=O)N[C@H](CC(C)C)c2nnc3ccccn23)c1. The van der Waals surface area contributed by atoms with Crippen LogP contribution >= 0.6 is 0 Å². The lowest BCUT2D eigenvalue weighted by atomic mass is 10.0. The highest BCUT2D eigenvalue weighted by molar-refractivity contribution is 5.84. The van der Waals surface area contributed by atoms with Crippen molar-refractivity contribution in [1.29, 1.82) is 0 Å². The van der Waals surface area contributed by atoms with Gasteiger partial charge >= 0.3 is 0 Å². The molecule has 3 aromatic heterocycles. The number of hydrogen-bond acceptors (Lipinski definition) is 4. The van der Waals surface area contributed by atoms with Crippen LogP contribution in [0.1, 0.15) is 32.1 Å².